The van der Waals surface area contributed by atoms with Crippen molar-refractivity contribution < 1.29 is 24.3 Å². The molecule has 1 aromatic heterocycles. The second-order valence-corrected chi connectivity index (χ2v) is 14.9. The van der Waals surface area contributed by atoms with E-state index in [9.17, 15) is 20.2 Å². The predicted octanol–water partition coefficient (Wildman–Crippen LogP) is -1.86. The molecule has 0 spiro atoms. The summed E-state index contributed by atoms with van der Waals surface area (Å²) in [5.41, 5.74) is 14.0. The lowest BCUT2D eigenvalue weighted by atomic mass is 9.45. The monoisotopic (exact) mass is 812 g/mol. The number of nitrogens with zero attached hydrogens (tertiary/aromatic N) is 1. The maximum Gasteiger partial charge on any atom is 0.273 e. The van der Waals surface area contributed by atoms with E-state index >= 15 is 0 Å². The van der Waals surface area contributed by atoms with Crippen LogP contribution in [0.4, 0.5) is 5.88 Å². The molecule has 3 fully saturated rings. The van der Waals surface area contributed by atoms with Crippen LogP contribution in [0.5, 0.6) is 0 Å². The van der Waals surface area contributed by atoms with Crippen LogP contribution in [0.3, 0.4) is 0 Å². The summed E-state index contributed by atoms with van der Waals surface area (Å²) >= 11 is 1.76. The minimum absolute atomic E-state index is 0.0426. The number of hydrogen-bond donors (Lipinski definition) is 10. The van der Waals surface area contributed by atoms with Crippen molar-refractivity contribution in [3.05, 3.63) is 47.4 Å². The van der Waals surface area contributed by atoms with Crippen molar-refractivity contribution in [3.8, 4) is 0 Å². The van der Waals surface area contributed by atoms with Gasteiger partial charge in [0.05, 0.1) is 35.1 Å². The number of hydrazine groups is 2. The summed E-state index contributed by atoms with van der Waals surface area (Å²) in [7, 11) is 1.69. The van der Waals surface area contributed by atoms with Crippen LogP contribution < -0.4 is 47.7 Å². The summed E-state index contributed by atoms with van der Waals surface area (Å²) in [5, 5.41) is 43.3. The third kappa shape index (κ3) is 4.16. The number of halogens is 2. The van der Waals surface area contributed by atoms with Crippen molar-refractivity contribution in [3.63, 3.8) is 0 Å². The van der Waals surface area contributed by atoms with Crippen LogP contribution in [0.25, 0.3) is 0 Å². The van der Waals surface area contributed by atoms with Gasteiger partial charge in [0.15, 0.2) is 0 Å². The van der Waals surface area contributed by atoms with Gasteiger partial charge in [-0.3, -0.25) is 31.4 Å². The van der Waals surface area contributed by atoms with E-state index in [-0.39, 0.29) is 38.3 Å². The highest BCUT2D eigenvalue weighted by atomic mass is 127. The van der Waals surface area contributed by atoms with Gasteiger partial charge in [0.2, 0.25) is 11.5 Å². The molecule has 3 saturated carbocycles. The van der Waals surface area contributed by atoms with Gasteiger partial charge in [-0.25, -0.2) is 3.53 Å². The fourth-order valence-electron chi connectivity index (χ4n) is 8.23. The summed E-state index contributed by atoms with van der Waals surface area (Å²) in [4.78, 5) is 20.5. The first-order valence-electron chi connectivity index (χ1n) is 13.6. The van der Waals surface area contributed by atoms with Crippen molar-refractivity contribution in [1.29, 1.82) is 0 Å². The number of furan rings is 1. The first-order chi connectivity index (χ1) is 20.0. The summed E-state index contributed by atoms with van der Waals surface area (Å²) < 4.78 is 10.6. The molecule has 1 amide bonds. The molecule has 2 heterocycles. The lowest BCUT2D eigenvalue weighted by Crippen LogP contribution is -2.86. The quantitative estimate of drug-likeness (QED) is 0.0329. The summed E-state index contributed by atoms with van der Waals surface area (Å²) in [5.74, 6) is 3.83. The second kappa shape index (κ2) is 11.1. The van der Waals surface area contributed by atoms with E-state index in [0.29, 0.717) is 18.4 Å². The van der Waals surface area contributed by atoms with Crippen molar-refractivity contribution in [1.82, 2.24) is 25.1 Å². The van der Waals surface area contributed by atoms with E-state index in [4.69, 9.17) is 26.6 Å². The Balaban J connectivity index is 1.55. The van der Waals surface area contributed by atoms with Gasteiger partial charge in [-0.1, -0.05) is 32.9 Å². The van der Waals surface area contributed by atoms with E-state index in [1.165, 1.54) is 18.4 Å². The van der Waals surface area contributed by atoms with E-state index in [1.54, 1.807) is 25.3 Å². The van der Waals surface area contributed by atoms with Crippen LogP contribution in [0.1, 0.15) is 19.3 Å². The Morgan fingerprint density at radius 1 is 1.33 bits per heavy atom. The smallest absolute Gasteiger partial charge is 0.273 e. The highest BCUT2D eigenvalue weighted by Crippen LogP contribution is 2.63. The standard InChI is InChI=1S/C25H36I2N9O6/c1-31-17-9-13-14-8-16(28)15-7-12(37)4-5-22(15,34-26)24(14,29)18(38)10-23(13,32-19-11-27-19)25(17,21(39)33-35-30)42-36(40)20-3-2-6-41-20/h2-7,12-14,16-18,31-32,34-35,37-38H,8-11,28-30H2,1H3,(H,33,39)/q-1/t12?,13?,14?,16?,17-,18+,22-,23-,24+,25+/m1/s1. The molecule has 0 saturated heterocycles. The van der Waals surface area contributed by atoms with Gasteiger partial charge in [0, 0.05) is 49.1 Å². The molecule has 10 atom stereocenters. The highest BCUT2D eigenvalue weighted by molar-refractivity contribution is 14.2. The number of alkyl halides is 1. The number of aliphatic hydroxyl groups is 2. The van der Waals surface area contributed by atoms with Gasteiger partial charge in [-0.2, -0.15) is 5.53 Å². The third-order valence-electron chi connectivity index (χ3n) is 9.94. The lowest BCUT2D eigenvalue weighted by Gasteiger charge is -2.67. The molecule has 17 heteroatoms. The number of nitrogens with one attached hydrogen (secondary N) is 5. The SMILES string of the molecule is CN[C@@H]1CC2C3CC(N)C4=CC(O)C=C[C@]4(NI)[C@@]3(N)[C@@H](O)C[C@]2(NC2=IC2)[C@@]1(ON([O-])c1ccco1)C(=O)NNN. The number of amides is 1. The van der Waals surface area contributed by atoms with E-state index in [2.05, 4.69) is 25.1 Å². The van der Waals surface area contributed by atoms with E-state index in [1.807, 2.05) is 22.9 Å². The molecule has 1 aromatic rings. The van der Waals surface area contributed by atoms with Crippen LogP contribution in [-0.4, -0.2) is 77.7 Å². The zero-order valence-corrected chi connectivity index (χ0v) is 27.0. The van der Waals surface area contributed by atoms with Crippen LogP contribution in [0.2, 0.25) is 0 Å². The Hall–Kier alpha value is -1.08. The zero-order chi connectivity index (χ0) is 30.1. The first kappa shape index (κ1) is 30.9. The number of likely N-dealkylation sites (N-methyl/N-ethyl adjacent to an activating group) is 1. The molecule has 42 heavy (non-hydrogen) atoms. The molecule has 4 aliphatic carbocycles. The van der Waals surface area contributed by atoms with Gasteiger partial charge in [-0.05, 0) is 55.9 Å². The van der Waals surface area contributed by atoms with Gasteiger partial charge in [-0.15, -0.1) is 0 Å². The van der Waals surface area contributed by atoms with E-state index < -0.39 is 64.3 Å². The molecule has 13 N–H and O–H groups in total. The number of nitrogens with two attached hydrogens (primary N) is 3. The molecule has 6 rings (SSSR count). The number of rotatable bonds is 9. The maximum absolute atomic E-state index is 14.2. The molecule has 0 aromatic carbocycles. The molecule has 15 nitrogen and oxygen atoms in total. The average Bonchev–Trinajstić information content (AvgIpc) is 3.51. The molecule has 232 valence electrons. The largest absolute Gasteiger partial charge is 0.731 e. The molecule has 0 bridgehead atoms. The zero-order valence-electron chi connectivity index (χ0n) is 22.7. The number of carbonyl (C=O) groups excluding carboxylic acids is 1. The Kier molecular flexibility index (Phi) is 8.15. The lowest BCUT2D eigenvalue weighted by molar-refractivity contribution is -0.183. The third-order valence-corrected chi connectivity index (χ3v) is 12.6. The number of anilines is 1. The first-order valence-corrected chi connectivity index (χ1v) is 17.3. The normalized spacial score (nSPS) is 43.7. The summed E-state index contributed by atoms with van der Waals surface area (Å²) in [6.07, 6.45) is 5.07. The molecule has 0 radical (unpaired) electrons. The Labute approximate surface area is 266 Å². The molecule has 1 aliphatic heterocycles. The van der Waals surface area contributed by atoms with E-state index in [0.717, 1.165) is 8.06 Å². The minimum atomic E-state index is -1.93. The minimum Gasteiger partial charge on any atom is -0.731 e. The van der Waals surface area contributed by atoms with Gasteiger partial charge in [0.1, 0.15) is 0 Å². The molecular formula is C25H36I2N9O6-. The number of fused-ring (bicyclic) bond motifs is 5. The molecule has 5 aliphatic rings. The van der Waals surface area contributed by atoms with Crippen LogP contribution in [0.15, 0.2) is 46.6 Å². The second-order valence-electron chi connectivity index (χ2n) is 11.6. The maximum atomic E-state index is 14.2. The topological polar surface area (TPSA) is 244 Å². The number of hydrogen-bond acceptors (Lipinski definition) is 14. The highest BCUT2D eigenvalue weighted by Gasteiger charge is 2.79. The van der Waals surface area contributed by atoms with Gasteiger partial charge in [0.25, 0.3) is 5.91 Å². The summed E-state index contributed by atoms with van der Waals surface area (Å²) in [6, 6.07) is 1.72. The fourth-order valence-corrected chi connectivity index (χ4v) is 10.2. The van der Waals surface area contributed by atoms with Crippen molar-refractivity contribution in [2.24, 2.45) is 29.1 Å². The molecule has 4 unspecified atom stereocenters. The van der Waals surface area contributed by atoms with Crippen LogP contribution in [-0.2, 0) is 9.63 Å². The van der Waals surface area contributed by atoms with Crippen molar-refractivity contribution >= 4 is 59.0 Å². The number of carbonyl (C=O) groups is 1. The van der Waals surface area contributed by atoms with Crippen molar-refractivity contribution in [2.75, 3.05) is 16.7 Å². The Morgan fingerprint density at radius 2 is 2.10 bits per heavy atom. The van der Waals surface area contributed by atoms with Gasteiger partial charge < -0.3 is 36.6 Å². The van der Waals surface area contributed by atoms with Crippen molar-refractivity contribution in [2.45, 2.75) is 65.8 Å². The van der Waals surface area contributed by atoms with Crippen LogP contribution in [0, 0.1) is 17.0 Å². The van der Waals surface area contributed by atoms with Gasteiger partial charge >= 0.3 is 0 Å². The average molecular weight is 812 g/mol. The molecular weight excluding hydrogens is 776 g/mol. The Morgan fingerprint density at radius 3 is 2.71 bits per heavy atom. The fraction of sp³-hybridized carbons (Fsp3) is 0.600. The predicted molar refractivity (Wildman–Crippen MR) is 171 cm³/mol. The Bertz CT molecular complexity index is 1320. The summed E-state index contributed by atoms with van der Waals surface area (Å²) in [6.45, 7) is 0. The van der Waals surface area contributed by atoms with Crippen LogP contribution >= 0.6 is 43.6 Å². The number of aliphatic hydroxyl groups excluding tert-OH is 2.